The molecule has 0 spiro atoms. The molecule has 0 aliphatic heterocycles. The first kappa shape index (κ1) is 13.3. The average molecular weight is 242 g/mol. The van der Waals surface area contributed by atoms with E-state index in [0.717, 1.165) is 30.3 Å². The van der Waals surface area contributed by atoms with Crippen LogP contribution in [-0.4, -0.2) is 6.61 Å². The second kappa shape index (κ2) is 6.77. The highest BCUT2D eigenvalue weighted by atomic mass is 35.5. The van der Waals surface area contributed by atoms with Gasteiger partial charge < -0.3 is 10.5 Å². The van der Waals surface area contributed by atoms with Crippen molar-refractivity contribution in [2.75, 3.05) is 6.61 Å². The van der Waals surface area contributed by atoms with Crippen LogP contribution >= 0.6 is 11.6 Å². The molecule has 0 saturated carbocycles. The highest BCUT2D eigenvalue weighted by Gasteiger charge is 2.06. The highest BCUT2D eigenvalue weighted by Crippen LogP contribution is 2.26. The van der Waals surface area contributed by atoms with E-state index in [1.54, 1.807) is 0 Å². The van der Waals surface area contributed by atoms with Gasteiger partial charge in [-0.1, -0.05) is 31.5 Å². The van der Waals surface area contributed by atoms with Crippen molar-refractivity contribution in [1.82, 2.24) is 0 Å². The van der Waals surface area contributed by atoms with E-state index in [9.17, 15) is 0 Å². The lowest BCUT2D eigenvalue weighted by atomic mass is 10.1. The number of ether oxygens (including phenoxy) is 1. The molecule has 90 valence electrons. The summed E-state index contributed by atoms with van der Waals surface area (Å²) < 4.78 is 5.69. The van der Waals surface area contributed by atoms with Gasteiger partial charge in [-0.25, -0.2) is 0 Å². The van der Waals surface area contributed by atoms with Crippen molar-refractivity contribution in [3.63, 3.8) is 0 Å². The minimum absolute atomic E-state index is 0.416. The molecule has 0 heterocycles. The molecular weight excluding hydrogens is 222 g/mol. The van der Waals surface area contributed by atoms with E-state index in [0.29, 0.717) is 11.6 Å². The monoisotopic (exact) mass is 241 g/mol. The molecule has 0 fully saturated rings. The third-order valence-corrected chi connectivity index (χ3v) is 2.82. The first-order valence-electron chi connectivity index (χ1n) is 5.75. The van der Waals surface area contributed by atoms with Crippen LogP contribution in [0.5, 0.6) is 5.75 Å². The first-order valence-corrected chi connectivity index (χ1v) is 6.13. The van der Waals surface area contributed by atoms with Crippen LogP contribution in [0.2, 0.25) is 5.02 Å². The third-order valence-electron chi connectivity index (χ3n) is 2.46. The van der Waals surface area contributed by atoms with Crippen molar-refractivity contribution in [3.05, 3.63) is 28.8 Å². The minimum atomic E-state index is 0.416. The maximum Gasteiger partial charge on any atom is 0.125 e. The van der Waals surface area contributed by atoms with Crippen LogP contribution < -0.4 is 10.5 Å². The van der Waals surface area contributed by atoms with E-state index < -0.39 is 0 Å². The summed E-state index contributed by atoms with van der Waals surface area (Å²) in [6.07, 6.45) is 2.24. The van der Waals surface area contributed by atoms with Crippen molar-refractivity contribution < 1.29 is 4.74 Å². The van der Waals surface area contributed by atoms with Gasteiger partial charge in [-0.05, 0) is 30.9 Å². The Bertz CT molecular complexity index is 326. The molecule has 0 aromatic heterocycles. The summed E-state index contributed by atoms with van der Waals surface area (Å²) in [5, 5.41) is 0.684. The molecule has 0 amide bonds. The van der Waals surface area contributed by atoms with Crippen LogP contribution in [0.25, 0.3) is 0 Å². The number of rotatable bonds is 6. The molecule has 2 nitrogen and oxygen atoms in total. The standard InChI is InChI=1S/C13H20ClNO/c1-10(2)5-4-8-16-13-7-3-6-12(14)11(13)9-15/h3,6-7,10H,4-5,8-9,15H2,1-2H3. The van der Waals surface area contributed by atoms with Crippen molar-refractivity contribution in [1.29, 1.82) is 0 Å². The molecule has 1 aromatic carbocycles. The van der Waals surface area contributed by atoms with Crippen LogP contribution in [0.4, 0.5) is 0 Å². The Morgan fingerprint density at radius 2 is 2.12 bits per heavy atom. The molecule has 0 aliphatic carbocycles. The maximum absolute atomic E-state index is 6.03. The number of benzene rings is 1. The second-order valence-electron chi connectivity index (χ2n) is 4.31. The molecule has 0 unspecified atom stereocenters. The van der Waals surface area contributed by atoms with E-state index >= 15 is 0 Å². The van der Waals surface area contributed by atoms with Gasteiger partial charge in [0.15, 0.2) is 0 Å². The van der Waals surface area contributed by atoms with E-state index in [2.05, 4.69) is 13.8 Å². The molecule has 1 aromatic rings. The fourth-order valence-electron chi connectivity index (χ4n) is 1.55. The largest absolute Gasteiger partial charge is 0.493 e. The third kappa shape index (κ3) is 4.03. The Morgan fingerprint density at radius 3 is 2.75 bits per heavy atom. The van der Waals surface area contributed by atoms with E-state index in [-0.39, 0.29) is 0 Å². The summed E-state index contributed by atoms with van der Waals surface area (Å²) in [5.41, 5.74) is 6.54. The quantitative estimate of drug-likeness (QED) is 0.773. The predicted octanol–water partition coefficient (Wildman–Crippen LogP) is 3.61. The van der Waals surface area contributed by atoms with Gasteiger partial charge in [-0.2, -0.15) is 0 Å². The molecule has 0 bridgehead atoms. The zero-order valence-electron chi connectivity index (χ0n) is 10.0. The zero-order valence-corrected chi connectivity index (χ0v) is 10.8. The molecule has 1 rings (SSSR count). The molecule has 2 N–H and O–H groups in total. The molecule has 0 atom stereocenters. The molecule has 0 radical (unpaired) electrons. The molecule has 3 heteroatoms. The average Bonchev–Trinajstić information content (AvgIpc) is 2.24. The molecule has 0 saturated heterocycles. The van der Waals surface area contributed by atoms with E-state index in [1.807, 2.05) is 18.2 Å². The summed E-state index contributed by atoms with van der Waals surface area (Å²) >= 11 is 6.03. The van der Waals surface area contributed by atoms with Crippen LogP contribution in [0, 0.1) is 5.92 Å². The van der Waals surface area contributed by atoms with Gasteiger partial charge in [-0.3, -0.25) is 0 Å². The van der Waals surface area contributed by atoms with E-state index in [1.165, 1.54) is 6.42 Å². The smallest absolute Gasteiger partial charge is 0.125 e. The van der Waals surface area contributed by atoms with Crippen LogP contribution in [0.1, 0.15) is 32.3 Å². The van der Waals surface area contributed by atoms with Crippen LogP contribution in [0.3, 0.4) is 0 Å². The topological polar surface area (TPSA) is 35.2 Å². The summed E-state index contributed by atoms with van der Waals surface area (Å²) in [4.78, 5) is 0. The lowest BCUT2D eigenvalue weighted by Crippen LogP contribution is -2.05. The summed E-state index contributed by atoms with van der Waals surface area (Å²) in [6, 6.07) is 5.65. The van der Waals surface area contributed by atoms with Gasteiger partial charge in [-0.15, -0.1) is 0 Å². The van der Waals surface area contributed by atoms with Crippen molar-refractivity contribution in [2.45, 2.75) is 33.2 Å². The fraction of sp³-hybridized carbons (Fsp3) is 0.538. The Morgan fingerprint density at radius 1 is 1.38 bits per heavy atom. The van der Waals surface area contributed by atoms with Crippen molar-refractivity contribution in [2.24, 2.45) is 11.7 Å². The Kier molecular flexibility index (Phi) is 5.64. The Balaban J connectivity index is 2.50. The Hall–Kier alpha value is -0.730. The van der Waals surface area contributed by atoms with Crippen LogP contribution in [-0.2, 0) is 6.54 Å². The van der Waals surface area contributed by atoms with Gasteiger partial charge in [0, 0.05) is 17.1 Å². The van der Waals surface area contributed by atoms with Crippen molar-refractivity contribution in [3.8, 4) is 5.75 Å². The number of halogens is 1. The van der Waals surface area contributed by atoms with Gasteiger partial charge in [0.1, 0.15) is 5.75 Å². The molecule has 16 heavy (non-hydrogen) atoms. The minimum Gasteiger partial charge on any atom is -0.493 e. The van der Waals surface area contributed by atoms with Gasteiger partial charge >= 0.3 is 0 Å². The summed E-state index contributed by atoms with van der Waals surface area (Å²) in [7, 11) is 0. The number of hydrogen-bond donors (Lipinski definition) is 1. The highest BCUT2D eigenvalue weighted by molar-refractivity contribution is 6.31. The number of hydrogen-bond acceptors (Lipinski definition) is 2. The van der Waals surface area contributed by atoms with Crippen molar-refractivity contribution >= 4 is 11.6 Å². The van der Waals surface area contributed by atoms with Crippen LogP contribution in [0.15, 0.2) is 18.2 Å². The molecular formula is C13H20ClNO. The van der Waals surface area contributed by atoms with E-state index in [4.69, 9.17) is 22.1 Å². The fourth-order valence-corrected chi connectivity index (χ4v) is 1.79. The van der Waals surface area contributed by atoms with Gasteiger partial charge in [0.05, 0.1) is 6.61 Å². The zero-order chi connectivity index (χ0) is 12.0. The predicted molar refractivity (Wildman–Crippen MR) is 68.9 cm³/mol. The molecule has 0 aliphatic rings. The van der Waals surface area contributed by atoms with Gasteiger partial charge in [0.2, 0.25) is 0 Å². The normalized spacial score (nSPS) is 10.8. The lowest BCUT2D eigenvalue weighted by molar-refractivity contribution is 0.295. The SMILES string of the molecule is CC(C)CCCOc1cccc(Cl)c1CN. The summed E-state index contributed by atoms with van der Waals surface area (Å²) in [6.45, 7) is 5.57. The Labute approximate surface area is 103 Å². The first-order chi connectivity index (χ1) is 7.65. The van der Waals surface area contributed by atoms with Gasteiger partial charge in [0.25, 0.3) is 0 Å². The lowest BCUT2D eigenvalue weighted by Gasteiger charge is -2.12. The summed E-state index contributed by atoms with van der Waals surface area (Å²) in [5.74, 6) is 1.54. The number of nitrogens with two attached hydrogens (primary N) is 1. The second-order valence-corrected chi connectivity index (χ2v) is 4.71. The maximum atomic E-state index is 6.03.